The van der Waals surface area contributed by atoms with Gasteiger partial charge in [0.2, 0.25) is 0 Å². The summed E-state index contributed by atoms with van der Waals surface area (Å²) in [5.41, 5.74) is 0.789. The number of nitrogens with zero attached hydrogens (tertiary/aromatic N) is 2. The largest absolute Gasteiger partial charge is 0.235 e. The lowest BCUT2D eigenvalue weighted by Crippen LogP contribution is -1.91. The van der Waals surface area contributed by atoms with E-state index >= 15 is 0 Å². The second-order valence-corrected chi connectivity index (χ2v) is 4.74. The molecule has 0 amide bonds. The van der Waals surface area contributed by atoms with Crippen molar-refractivity contribution >= 4 is 45.8 Å². The molecule has 0 atom stereocenters. The maximum Gasteiger partial charge on any atom is 0.162 e. The minimum Gasteiger partial charge on any atom is -0.235 e. The predicted molar refractivity (Wildman–Crippen MR) is 70.2 cm³/mol. The third-order valence-corrected chi connectivity index (χ3v) is 3.54. The van der Waals surface area contributed by atoms with Crippen molar-refractivity contribution in [2.45, 2.75) is 0 Å². The van der Waals surface area contributed by atoms with Gasteiger partial charge in [0.1, 0.15) is 5.15 Å². The average molecular weight is 351 g/mol. The van der Waals surface area contributed by atoms with Crippen LogP contribution in [0, 0.1) is 3.57 Å². The molecule has 0 unspecified atom stereocenters. The minimum atomic E-state index is 0.445. The van der Waals surface area contributed by atoms with Crippen molar-refractivity contribution in [3.05, 3.63) is 44.2 Å². The molecule has 0 bridgehead atoms. The first-order chi connectivity index (χ1) is 7.18. The van der Waals surface area contributed by atoms with E-state index < -0.39 is 0 Å². The predicted octanol–water partition coefficient (Wildman–Crippen LogP) is 4.06. The van der Waals surface area contributed by atoms with Gasteiger partial charge in [-0.25, -0.2) is 9.97 Å². The highest BCUT2D eigenvalue weighted by Gasteiger charge is 2.07. The molecule has 0 aliphatic carbocycles. The lowest BCUT2D eigenvalue weighted by atomic mass is 10.2. The van der Waals surface area contributed by atoms with E-state index in [4.69, 9.17) is 23.2 Å². The molecule has 0 radical (unpaired) electrons. The molecule has 0 aliphatic rings. The fourth-order valence-corrected chi connectivity index (χ4v) is 1.73. The molecule has 5 heteroatoms. The molecule has 1 aromatic heterocycles. The van der Waals surface area contributed by atoms with E-state index in [9.17, 15) is 0 Å². The van der Waals surface area contributed by atoms with E-state index in [0.29, 0.717) is 16.0 Å². The van der Waals surface area contributed by atoms with Gasteiger partial charge in [-0.15, -0.1) is 0 Å². The summed E-state index contributed by atoms with van der Waals surface area (Å²) in [6, 6.07) is 7.41. The first kappa shape index (κ1) is 11.1. The van der Waals surface area contributed by atoms with Crippen molar-refractivity contribution in [1.82, 2.24) is 9.97 Å². The summed E-state index contributed by atoms with van der Waals surface area (Å²) in [7, 11) is 0. The zero-order valence-corrected chi connectivity index (χ0v) is 11.1. The molecule has 1 aromatic carbocycles. The van der Waals surface area contributed by atoms with Crippen LogP contribution in [0.15, 0.2) is 30.5 Å². The highest BCUT2D eigenvalue weighted by molar-refractivity contribution is 14.1. The summed E-state index contributed by atoms with van der Waals surface area (Å²) < 4.78 is 0.824. The quantitative estimate of drug-likeness (QED) is 0.572. The molecule has 0 saturated carbocycles. The number of aromatic nitrogens is 2. The number of benzene rings is 1. The zero-order valence-electron chi connectivity index (χ0n) is 7.42. The van der Waals surface area contributed by atoms with Crippen molar-refractivity contribution in [1.29, 1.82) is 0 Å². The topological polar surface area (TPSA) is 25.8 Å². The highest BCUT2D eigenvalue weighted by atomic mass is 127. The van der Waals surface area contributed by atoms with Crippen LogP contribution in [0.25, 0.3) is 11.4 Å². The summed E-state index contributed by atoms with van der Waals surface area (Å²) in [6.45, 7) is 0. The second-order valence-electron chi connectivity index (χ2n) is 2.81. The fraction of sp³-hybridized carbons (Fsp3) is 0. The first-order valence-electron chi connectivity index (χ1n) is 4.11. The Hall–Kier alpha value is -0.390. The van der Waals surface area contributed by atoms with Gasteiger partial charge in [-0.1, -0.05) is 35.3 Å². The maximum atomic E-state index is 6.03. The van der Waals surface area contributed by atoms with Crippen LogP contribution in [0.5, 0.6) is 0 Å². The van der Waals surface area contributed by atoms with Crippen LogP contribution in [0.1, 0.15) is 0 Å². The molecule has 2 aromatic rings. The SMILES string of the molecule is Clc1ccccc1-c1ncc(I)c(Cl)n1. The Morgan fingerprint density at radius 3 is 2.53 bits per heavy atom. The van der Waals surface area contributed by atoms with E-state index in [0.717, 1.165) is 9.13 Å². The van der Waals surface area contributed by atoms with Crippen molar-refractivity contribution in [2.75, 3.05) is 0 Å². The molecule has 2 rings (SSSR count). The maximum absolute atomic E-state index is 6.03. The van der Waals surface area contributed by atoms with Gasteiger partial charge in [0.15, 0.2) is 5.82 Å². The molecule has 0 N–H and O–H groups in total. The van der Waals surface area contributed by atoms with Gasteiger partial charge in [-0.05, 0) is 34.7 Å². The van der Waals surface area contributed by atoms with Gasteiger partial charge in [0.25, 0.3) is 0 Å². The van der Waals surface area contributed by atoms with E-state index in [2.05, 4.69) is 32.6 Å². The zero-order chi connectivity index (χ0) is 10.8. The van der Waals surface area contributed by atoms with E-state index in [1.165, 1.54) is 0 Å². The molecule has 15 heavy (non-hydrogen) atoms. The standard InChI is InChI=1S/C10H5Cl2IN2/c11-7-4-2-1-3-6(7)10-14-5-8(13)9(12)15-10/h1-5H. The number of rotatable bonds is 1. The first-order valence-corrected chi connectivity index (χ1v) is 5.95. The minimum absolute atomic E-state index is 0.445. The molecule has 0 fully saturated rings. The van der Waals surface area contributed by atoms with Crippen LogP contribution in [-0.2, 0) is 0 Å². The Bertz CT molecular complexity index is 503. The van der Waals surface area contributed by atoms with Crippen LogP contribution in [0.2, 0.25) is 10.2 Å². The molecule has 0 saturated heterocycles. The third-order valence-electron chi connectivity index (χ3n) is 1.82. The van der Waals surface area contributed by atoms with Crippen molar-refractivity contribution in [3.63, 3.8) is 0 Å². The fourth-order valence-electron chi connectivity index (χ4n) is 1.12. The number of halogens is 3. The Morgan fingerprint density at radius 2 is 1.87 bits per heavy atom. The Kier molecular flexibility index (Phi) is 3.43. The molecular weight excluding hydrogens is 346 g/mol. The summed E-state index contributed by atoms with van der Waals surface area (Å²) in [4.78, 5) is 8.35. The summed E-state index contributed by atoms with van der Waals surface area (Å²) in [5, 5.41) is 1.07. The molecule has 2 nitrogen and oxygen atoms in total. The van der Waals surface area contributed by atoms with E-state index in [1.54, 1.807) is 12.3 Å². The summed E-state index contributed by atoms with van der Waals surface area (Å²) in [6.07, 6.45) is 1.68. The normalized spacial score (nSPS) is 10.3. The second kappa shape index (κ2) is 4.63. The van der Waals surface area contributed by atoms with E-state index in [1.807, 2.05) is 18.2 Å². The van der Waals surface area contributed by atoms with Crippen LogP contribution >= 0.6 is 45.8 Å². The van der Waals surface area contributed by atoms with Gasteiger partial charge in [-0.2, -0.15) is 0 Å². The Labute approximate surface area is 111 Å². The van der Waals surface area contributed by atoms with Gasteiger partial charge in [0.05, 0.1) is 8.59 Å². The van der Waals surface area contributed by atoms with Crippen LogP contribution in [0.3, 0.4) is 0 Å². The molecule has 76 valence electrons. The van der Waals surface area contributed by atoms with Gasteiger partial charge < -0.3 is 0 Å². The smallest absolute Gasteiger partial charge is 0.162 e. The average Bonchev–Trinajstić information content (AvgIpc) is 2.23. The van der Waals surface area contributed by atoms with Crippen LogP contribution < -0.4 is 0 Å². The third kappa shape index (κ3) is 2.41. The molecular formula is C10H5Cl2IN2. The summed E-state index contributed by atoms with van der Waals surface area (Å²) in [5.74, 6) is 0.547. The molecule has 0 aliphatic heterocycles. The molecule has 1 heterocycles. The van der Waals surface area contributed by atoms with Gasteiger partial charge >= 0.3 is 0 Å². The summed E-state index contributed by atoms with van der Waals surface area (Å²) >= 11 is 14.0. The van der Waals surface area contributed by atoms with Crippen molar-refractivity contribution < 1.29 is 0 Å². The lowest BCUT2D eigenvalue weighted by molar-refractivity contribution is 1.16. The van der Waals surface area contributed by atoms with Crippen LogP contribution in [0.4, 0.5) is 0 Å². The van der Waals surface area contributed by atoms with Crippen molar-refractivity contribution in [2.24, 2.45) is 0 Å². The number of hydrogen-bond acceptors (Lipinski definition) is 2. The van der Waals surface area contributed by atoms with Gasteiger partial charge in [0, 0.05) is 11.8 Å². The Balaban J connectivity index is 2.55. The lowest BCUT2D eigenvalue weighted by Gasteiger charge is -2.03. The number of hydrogen-bond donors (Lipinski definition) is 0. The van der Waals surface area contributed by atoms with E-state index in [-0.39, 0.29) is 0 Å². The molecule has 0 spiro atoms. The monoisotopic (exact) mass is 350 g/mol. The van der Waals surface area contributed by atoms with Crippen LogP contribution in [-0.4, -0.2) is 9.97 Å². The van der Waals surface area contributed by atoms with Crippen molar-refractivity contribution in [3.8, 4) is 11.4 Å². The van der Waals surface area contributed by atoms with Gasteiger partial charge in [-0.3, -0.25) is 0 Å². The Morgan fingerprint density at radius 1 is 1.13 bits per heavy atom. The highest BCUT2D eigenvalue weighted by Crippen LogP contribution is 2.26.